The summed E-state index contributed by atoms with van der Waals surface area (Å²) in [5.41, 5.74) is 0.934. The van der Waals surface area contributed by atoms with E-state index in [1.807, 2.05) is 24.3 Å². The average Bonchev–Trinajstić information content (AvgIpc) is 2.77. The standard InChI is InChI=1S/C15H15IO/c16-11-5-3-8(4-6-11)15(17)14-12-9-1-2-10(7-9)13(12)14/h3-6,9-10,12-14H,1-2,7H2. The van der Waals surface area contributed by atoms with Crippen LogP contribution in [0.15, 0.2) is 24.3 Å². The Bertz CT molecular complexity index is 462. The molecule has 2 heteroatoms. The maximum absolute atomic E-state index is 12.4. The first-order valence-corrected chi connectivity index (χ1v) is 7.63. The largest absolute Gasteiger partial charge is 0.294 e. The van der Waals surface area contributed by atoms with Crippen LogP contribution in [0.5, 0.6) is 0 Å². The lowest BCUT2D eigenvalue weighted by molar-refractivity contribution is 0.0944. The maximum Gasteiger partial charge on any atom is 0.166 e. The van der Waals surface area contributed by atoms with Crippen LogP contribution in [-0.2, 0) is 0 Å². The zero-order valence-electron chi connectivity index (χ0n) is 9.60. The van der Waals surface area contributed by atoms with Crippen LogP contribution in [0.4, 0.5) is 0 Å². The number of halogens is 1. The molecule has 1 aromatic rings. The molecule has 0 spiro atoms. The number of rotatable bonds is 2. The molecule has 3 aliphatic carbocycles. The van der Waals surface area contributed by atoms with Crippen LogP contribution in [0.2, 0.25) is 0 Å². The van der Waals surface area contributed by atoms with Crippen LogP contribution >= 0.6 is 22.6 Å². The van der Waals surface area contributed by atoms with Crippen LogP contribution in [0, 0.1) is 33.2 Å². The third-order valence-corrected chi connectivity index (χ3v) is 5.89. The highest BCUT2D eigenvalue weighted by Gasteiger charge is 2.67. The lowest BCUT2D eigenvalue weighted by Gasteiger charge is -2.07. The molecular formula is C15H15IO. The normalized spacial score (nSPS) is 41.4. The Morgan fingerprint density at radius 3 is 2.24 bits per heavy atom. The van der Waals surface area contributed by atoms with Crippen molar-refractivity contribution >= 4 is 28.4 Å². The third-order valence-electron chi connectivity index (χ3n) is 5.17. The Kier molecular flexibility index (Phi) is 2.21. The summed E-state index contributed by atoms with van der Waals surface area (Å²) in [4.78, 5) is 12.4. The van der Waals surface area contributed by atoms with Crippen LogP contribution in [0.1, 0.15) is 29.6 Å². The summed E-state index contributed by atoms with van der Waals surface area (Å²) >= 11 is 2.28. The van der Waals surface area contributed by atoms with Gasteiger partial charge in [0, 0.05) is 15.1 Å². The third kappa shape index (κ3) is 1.46. The van der Waals surface area contributed by atoms with Gasteiger partial charge in [0.1, 0.15) is 0 Å². The van der Waals surface area contributed by atoms with E-state index >= 15 is 0 Å². The van der Waals surface area contributed by atoms with Crippen molar-refractivity contribution in [2.75, 3.05) is 0 Å². The van der Waals surface area contributed by atoms with Gasteiger partial charge in [-0.15, -0.1) is 0 Å². The van der Waals surface area contributed by atoms with Gasteiger partial charge in [-0.05, 0) is 77.7 Å². The molecular weight excluding hydrogens is 323 g/mol. The van der Waals surface area contributed by atoms with Gasteiger partial charge in [-0.25, -0.2) is 0 Å². The SMILES string of the molecule is O=C(c1ccc(I)cc1)C1C2C3CCC(C3)C12. The Labute approximate surface area is 115 Å². The number of hydrogen-bond donors (Lipinski definition) is 0. The molecule has 0 aliphatic heterocycles. The quantitative estimate of drug-likeness (QED) is 0.593. The molecule has 0 N–H and O–H groups in total. The molecule has 0 aromatic heterocycles. The molecule has 0 heterocycles. The number of hydrogen-bond acceptors (Lipinski definition) is 1. The molecule has 1 aromatic carbocycles. The van der Waals surface area contributed by atoms with Crippen molar-refractivity contribution in [1.29, 1.82) is 0 Å². The fourth-order valence-corrected chi connectivity index (χ4v) is 4.84. The summed E-state index contributed by atoms with van der Waals surface area (Å²) in [6, 6.07) is 8.08. The first-order chi connectivity index (χ1) is 8.25. The van der Waals surface area contributed by atoms with Crippen LogP contribution in [-0.4, -0.2) is 5.78 Å². The van der Waals surface area contributed by atoms with Crippen molar-refractivity contribution in [3.63, 3.8) is 0 Å². The molecule has 0 radical (unpaired) electrons. The fourth-order valence-electron chi connectivity index (χ4n) is 4.48. The lowest BCUT2D eigenvalue weighted by atomic mass is 9.96. The monoisotopic (exact) mass is 338 g/mol. The predicted octanol–water partition coefficient (Wildman–Crippen LogP) is 3.77. The minimum atomic E-state index is 0.390. The Morgan fingerprint density at radius 2 is 1.65 bits per heavy atom. The zero-order valence-corrected chi connectivity index (χ0v) is 11.8. The number of Topliss-reactive ketones (excluding diaryl/α,β-unsaturated/α-hetero) is 1. The van der Waals surface area contributed by atoms with Gasteiger partial charge in [0.2, 0.25) is 0 Å². The van der Waals surface area contributed by atoms with Gasteiger partial charge < -0.3 is 0 Å². The summed E-state index contributed by atoms with van der Waals surface area (Å²) in [7, 11) is 0. The second kappa shape index (κ2) is 3.56. The van der Waals surface area contributed by atoms with Crippen molar-refractivity contribution < 1.29 is 4.79 Å². The summed E-state index contributed by atoms with van der Waals surface area (Å²) in [6.45, 7) is 0. The van der Waals surface area contributed by atoms with E-state index in [1.54, 1.807) is 0 Å². The van der Waals surface area contributed by atoms with Crippen molar-refractivity contribution in [2.24, 2.45) is 29.6 Å². The molecule has 0 amide bonds. The molecule has 17 heavy (non-hydrogen) atoms. The molecule has 0 saturated heterocycles. The highest BCUT2D eigenvalue weighted by atomic mass is 127. The van der Waals surface area contributed by atoms with Crippen LogP contribution in [0.3, 0.4) is 0 Å². The van der Waals surface area contributed by atoms with E-state index in [4.69, 9.17) is 0 Å². The Hall–Kier alpha value is -0.380. The number of ketones is 1. The van der Waals surface area contributed by atoms with E-state index < -0.39 is 0 Å². The minimum Gasteiger partial charge on any atom is -0.294 e. The van der Waals surface area contributed by atoms with Crippen LogP contribution < -0.4 is 0 Å². The summed E-state index contributed by atoms with van der Waals surface area (Å²) in [6.07, 6.45) is 4.20. The van der Waals surface area contributed by atoms with E-state index in [1.165, 1.54) is 22.8 Å². The van der Waals surface area contributed by atoms with Crippen LogP contribution in [0.25, 0.3) is 0 Å². The molecule has 3 fully saturated rings. The van der Waals surface area contributed by atoms with E-state index in [9.17, 15) is 4.79 Å². The number of carbonyl (C=O) groups excluding carboxylic acids is 1. The smallest absolute Gasteiger partial charge is 0.166 e. The molecule has 3 aliphatic rings. The van der Waals surface area contributed by atoms with E-state index in [-0.39, 0.29) is 0 Å². The van der Waals surface area contributed by atoms with Gasteiger partial charge in [-0.1, -0.05) is 12.1 Å². The Morgan fingerprint density at radius 1 is 1.06 bits per heavy atom. The molecule has 1 nitrogen and oxygen atoms in total. The van der Waals surface area contributed by atoms with Gasteiger partial charge in [0.25, 0.3) is 0 Å². The van der Waals surface area contributed by atoms with E-state index in [2.05, 4.69) is 22.6 Å². The second-order valence-electron chi connectivity index (χ2n) is 5.88. The fraction of sp³-hybridized carbons (Fsp3) is 0.533. The summed E-state index contributed by atoms with van der Waals surface area (Å²) < 4.78 is 1.20. The number of benzene rings is 1. The molecule has 4 rings (SSSR count). The lowest BCUT2D eigenvalue weighted by Crippen LogP contribution is -2.09. The van der Waals surface area contributed by atoms with Gasteiger partial charge in [-0.3, -0.25) is 4.79 Å². The summed E-state index contributed by atoms with van der Waals surface area (Å²) in [5, 5.41) is 0. The first kappa shape index (κ1) is 10.5. The number of fused-ring (bicyclic) bond motifs is 5. The van der Waals surface area contributed by atoms with Crippen molar-refractivity contribution in [3.05, 3.63) is 33.4 Å². The van der Waals surface area contributed by atoms with Gasteiger partial charge in [0.05, 0.1) is 0 Å². The van der Waals surface area contributed by atoms with Gasteiger partial charge in [0.15, 0.2) is 5.78 Å². The first-order valence-electron chi connectivity index (χ1n) is 6.55. The average molecular weight is 338 g/mol. The zero-order chi connectivity index (χ0) is 11.6. The number of carbonyl (C=O) groups is 1. The molecule has 3 saturated carbocycles. The Balaban J connectivity index is 1.58. The van der Waals surface area contributed by atoms with E-state index in [0.29, 0.717) is 11.7 Å². The van der Waals surface area contributed by atoms with Crippen molar-refractivity contribution in [2.45, 2.75) is 19.3 Å². The van der Waals surface area contributed by atoms with Crippen molar-refractivity contribution in [1.82, 2.24) is 0 Å². The molecule has 88 valence electrons. The minimum absolute atomic E-state index is 0.390. The van der Waals surface area contributed by atoms with Crippen molar-refractivity contribution in [3.8, 4) is 0 Å². The predicted molar refractivity (Wildman–Crippen MR) is 74.8 cm³/mol. The van der Waals surface area contributed by atoms with Gasteiger partial charge in [-0.2, -0.15) is 0 Å². The summed E-state index contributed by atoms with van der Waals surface area (Å²) in [5.74, 6) is 4.13. The topological polar surface area (TPSA) is 17.1 Å². The maximum atomic E-state index is 12.4. The molecule has 4 unspecified atom stereocenters. The molecule has 2 bridgehead atoms. The molecule has 4 atom stereocenters. The second-order valence-corrected chi connectivity index (χ2v) is 7.13. The highest BCUT2D eigenvalue weighted by Crippen LogP contribution is 2.69. The highest BCUT2D eigenvalue weighted by molar-refractivity contribution is 14.1. The van der Waals surface area contributed by atoms with Gasteiger partial charge >= 0.3 is 0 Å². The van der Waals surface area contributed by atoms with E-state index in [0.717, 1.165) is 29.2 Å².